The minimum Gasteiger partial charge on any atom is -0.457 e. The van der Waals surface area contributed by atoms with Gasteiger partial charge in [0, 0.05) is 30.3 Å². The molecule has 7 nitrogen and oxygen atoms in total. The van der Waals surface area contributed by atoms with E-state index in [1.54, 1.807) is 48.5 Å². The number of ether oxygens (including phenoxy) is 2. The monoisotopic (exact) mass is 391 g/mol. The molecule has 4 N–H and O–H groups in total. The molecule has 0 bridgehead atoms. The zero-order chi connectivity index (χ0) is 18.4. The van der Waals surface area contributed by atoms with Crippen LogP contribution < -0.4 is 21.1 Å². The predicted molar refractivity (Wildman–Crippen MR) is 105 cm³/mol. The van der Waals surface area contributed by atoms with Crippen molar-refractivity contribution in [2.24, 2.45) is 5.73 Å². The zero-order valence-corrected chi connectivity index (χ0v) is 15.5. The molecular formula is C19H22ClN3O4. The van der Waals surface area contributed by atoms with Crippen LogP contribution in [0.15, 0.2) is 48.5 Å². The van der Waals surface area contributed by atoms with Gasteiger partial charge in [0.2, 0.25) is 11.8 Å². The minimum atomic E-state index is -0.508. The quantitative estimate of drug-likeness (QED) is 0.701. The number of halogens is 1. The van der Waals surface area contributed by atoms with E-state index in [0.29, 0.717) is 42.4 Å². The molecule has 0 aliphatic carbocycles. The van der Waals surface area contributed by atoms with Crippen molar-refractivity contribution in [1.82, 2.24) is 5.32 Å². The molecule has 0 saturated carbocycles. The molecule has 1 aliphatic rings. The van der Waals surface area contributed by atoms with E-state index in [1.807, 2.05) is 0 Å². The largest absolute Gasteiger partial charge is 0.457 e. The molecule has 27 heavy (non-hydrogen) atoms. The predicted octanol–water partition coefficient (Wildman–Crippen LogP) is 2.32. The molecule has 1 unspecified atom stereocenters. The average Bonchev–Trinajstić information content (AvgIpc) is 2.64. The summed E-state index contributed by atoms with van der Waals surface area (Å²) < 4.78 is 11.0. The van der Waals surface area contributed by atoms with E-state index in [9.17, 15) is 9.59 Å². The zero-order valence-electron chi connectivity index (χ0n) is 14.6. The lowest BCUT2D eigenvalue weighted by molar-refractivity contribution is -0.117. The topological polar surface area (TPSA) is 103 Å². The normalized spacial score (nSPS) is 16.1. The van der Waals surface area contributed by atoms with Gasteiger partial charge >= 0.3 is 0 Å². The summed E-state index contributed by atoms with van der Waals surface area (Å²) >= 11 is 0. The van der Waals surface area contributed by atoms with E-state index < -0.39 is 5.91 Å². The van der Waals surface area contributed by atoms with Crippen LogP contribution in [-0.4, -0.2) is 37.6 Å². The first-order chi connectivity index (χ1) is 12.6. The fraction of sp³-hybridized carbons (Fsp3) is 0.263. The number of anilines is 1. The molecule has 1 fully saturated rings. The molecule has 144 valence electrons. The highest BCUT2D eigenvalue weighted by Crippen LogP contribution is 2.24. The van der Waals surface area contributed by atoms with E-state index in [-0.39, 0.29) is 24.4 Å². The Kier molecular flexibility index (Phi) is 7.60. The number of benzene rings is 2. The van der Waals surface area contributed by atoms with Crippen molar-refractivity contribution in [2.45, 2.75) is 12.5 Å². The Morgan fingerprint density at radius 1 is 1.19 bits per heavy atom. The van der Waals surface area contributed by atoms with Gasteiger partial charge < -0.3 is 25.8 Å². The number of nitrogens with one attached hydrogen (secondary N) is 2. The molecule has 0 aromatic heterocycles. The summed E-state index contributed by atoms with van der Waals surface area (Å²) in [6.45, 7) is 1.99. The Labute approximate surface area is 163 Å². The van der Waals surface area contributed by atoms with Gasteiger partial charge in [0.1, 0.15) is 11.5 Å². The smallest absolute Gasteiger partial charge is 0.248 e. The molecule has 3 rings (SSSR count). The number of carbonyl (C=O) groups is 2. The van der Waals surface area contributed by atoms with Gasteiger partial charge in [-0.15, -0.1) is 12.4 Å². The minimum absolute atomic E-state index is 0. The van der Waals surface area contributed by atoms with Gasteiger partial charge in [-0.05, 0) is 42.5 Å². The molecule has 1 saturated heterocycles. The SMILES string of the molecule is Cl.NC(=O)c1cccc(Oc2ccc(NC(=O)CC3COCCN3)cc2)c1. The molecule has 1 heterocycles. The first-order valence-electron chi connectivity index (χ1n) is 8.39. The molecule has 1 aliphatic heterocycles. The van der Waals surface area contributed by atoms with Crippen molar-refractivity contribution in [2.75, 3.05) is 25.1 Å². The van der Waals surface area contributed by atoms with Crippen molar-refractivity contribution < 1.29 is 19.1 Å². The summed E-state index contributed by atoms with van der Waals surface area (Å²) in [6.07, 6.45) is 0.359. The van der Waals surface area contributed by atoms with Crippen molar-refractivity contribution in [3.63, 3.8) is 0 Å². The van der Waals surface area contributed by atoms with Crippen LogP contribution in [0, 0.1) is 0 Å². The van der Waals surface area contributed by atoms with E-state index in [1.165, 1.54) is 0 Å². The first-order valence-corrected chi connectivity index (χ1v) is 8.39. The molecule has 0 radical (unpaired) electrons. The number of nitrogens with two attached hydrogens (primary N) is 1. The van der Waals surface area contributed by atoms with Crippen LogP contribution in [0.5, 0.6) is 11.5 Å². The Bertz CT molecular complexity index is 777. The number of primary amides is 1. The summed E-state index contributed by atoms with van der Waals surface area (Å²) in [7, 11) is 0. The van der Waals surface area contributed by atoms with Crippen LogP contribution in [0.1, 0.15) is 16.8 Å². The molecule has 2 aromatic carbocycles. The fourth-order valence-corrected chi connectivity index (χ4v) is 2.64. The third kappa shape index (κ3) is 6.25. The van der Waals surface area contributed by atoms with Crippen molar-refractivity contribution >= 4 is 29.9 Å². The van der Waals surface area contributed by atoms with Gasteiger partial charge in [0.05, 0.1) is 13.2 Å². The Morgan fingerprint density at radius 3 is 2.63 bits per heavy atom. The molecule has 8 heteroatoms. The summed E-state index contributed by atoms with van der Waals surface area (Å²) in [5.41, 5.74) is 6.33. The second-order valence-electron chi connectivity index (χ2n) is 6.00. The van der Waals surface area contributed by atoms with Gasteiger partial charge in [0.25, 0.3) is 0 Å². The maximum absolute atomic E-state index is 12.1. The van der Waals surface area contributed by atoms with Gasteiger partial charge in [-0.25, -0.2) is 0 Å². The Balaban J connectivity index is 0.00000261. The van der Waals surface area contributed by atoms with Crippen LogP contribution in [-0.2, 0) is 9.53 Å². The first kappa shape index (κ1) is 20.7. The number of amides is 2. The van der Waals surface area contributed by atoms with Gasteiger partial charge in [-0.2, -0.15) is 0 Å². The highest BCUT2D eigenvalue weighted by molar-refractivity contribution is 5.93. The lowest BCUT2D eigenvalue weighted by Gasteiger charge is -2.23. The average molecular weight is 392 g/mol. The molecule has 2 amide bonds. The maximum atomic E-state index is 12.1. The molecule has 2 aromatic rings. The number of hydrogen-bond acceptors (Lipinski definition) is 5. The van der Waals surface area contributed by atoms with E-state index in [0.717, 1.165) is 6.54 Å². The third-order valence-electron chi connectivity index (χ3n) is 3.92. The van der Waals surface area contributed by atoms with Crippen LogP contribution in [0.4, 0.5) is 5.69 Å². The lowest BCUT2D eigenvalue weighted by atomic mass is 10.2. The standard InChI is InChI=1S/C19H21N3O4.ClH/c20-19(24)13-2-1-3-17(10-13)26-16-6-4-14(5-7-16)22-18(23)11-15-12-25-9-8-21-15;/h1-7,10,15,21H,8-9,11-12H2,(H2,20,24)(H,22,23);1H. The second kappa shape index (κ2) is 9.91. The Hall–Kier alpha value is -2.61. The van der Waals surface area contributed by atoms with Crippen molar-refractivity contribution in [3.8, 4) is 11.5 Å². The van der Waals surface area contributed by atoms with E-state index in [4.69, 9.17) is 15.2 Å². The molecule has 0 spiro atoms. The van der Waals surface area contributed by atoms with Crippen LogP contribution in [0.3, 0.4) is 0 Å². The van der Waals surface area contributed by atoms with Crippen LogP contribution in [0.2, 0.25) is 0 Å². The van der Waals surface area contributed by atoms with Crippen molar-refractivity contribution in [1.29, 1.82) is 0 Å². The Morgan fingerprint density at radius 2 is 1.96 bits per heavy atom. The second-order valence-corrected chi connectivity index (χ2v) is 6.00. The van der Waals surface area contributed by atoms with Crippen LogP contribution in [0.25, 0.3) is 0 Å². The summed E-state index contributed by atoms with van der Waals surface area (Å²) in [4.78, 5) is 23.3. The third-order valence-corrected chi connectivity index (χ3v) is 3.92. The number of rotatable bonds is 6. The van der Waals surface area contributed by atoms with Crippen LogP contribution >= 0.6 is 12.4 Å². The van der Waals surface area contributed by atoms with Gasteiger partial charge in [-0.3, -0.25) is 9.59 Å². The maximum Gasteiger partial charge on any atom is 0.248 e. The fourth-order valence-electron chi connectivity index (χ4n) is 2.64. The summed E-state index contributed by atoms with van der Waals surface area (Å²) in [5, 5.41) is 6.10. The van der Waals surface area contributed by atoms with Crippen molar-refractivity contribution in [3.05, 3.63) is 54.1 Å². The van der Waals surface area contributed by atoms with Gasteiger partial charge in [0.15, 0.2) is 0 Å². The molecule has 1 atom stereocenters. The number of carbonyl (C=O) groups excluding carboxylic acids is 2. The van der Waals surface area contributed by atoms with E-state index in [2.05, 4.69) is 10.6 Å². The number of hydrogen-bond donors (Lipinski definition) is 3. The highest BCUT2D eigenvalue weighted by atomic mass is 35.5. The number of morpholine rings is 1. The molecular weight excluding hydrogens is 370 g/mol. The summed E-state index contributed by atoms with van der Waals surface area (Å²) in [5.74, 6) is 0.524. The van der Waals surface area contributed by atoms with E-state index >= 15 is 0 Å². The highest BCUT2D eigenvalue weighted by Gasteiger charge is 2.16. The van der Waals surface area contributed by atoms with Gasteiger partial charge in [-0.1, -0.05) is 6.07 Å². The summed E-state index contributed by atoms with van der Waals surface area (Å²) in [6, 6.07) is 13.7. The lowest BCUT2D eigenvalue weighted by Crippen LogP contribution is -2.43.